The minimum absolute atomic E-state index is 0.0661. The van der Waals surface area contributed by atoms with Crippen LogP contribution in [0.15, 0.2) is 34.7 Å². The number of carbonyl (C=O) groups is 2. The molecule has 3 unspecified atom stereocenters. The normalized spacial score (nSPS) is 24.2. The van der Waals surface area contributed by atoms with E-state index in [1.807, 2.05) is 37.3 Å². The summed E-state index contributed by atoms with van der Waals surface area (Å²) in [5.41, 5.74) is 1.68. The standard InChI is InChI=1S/C24H31N3O5/c1-15-20(26-23(32-15)16-7-3-2-4-8-16)14-31-18-10-5-9-17(13-18)22(28)27-21(24(29)30)19-11-6-12-25-19/h2-4,7-8,17-19,21,25H,5-6,9-14H2,1H3,(H,27,28)(H,29,30)/t17?,18-,19?,21?/m0/s1. The van der Waals surface area contributed by atoms with Gasteiger partial charge in [0.1, 0.15) is 17.5 Å². The number of rotatable bonds is 8. The lowest BCUT2D eigenvalue weighted by atomic mass is 9.86. The highest BCUT2D eigenvalue weighted by molar-refractivity contribution is 5.85. The molecule has 3 N–H and O–H groups in total. The van der Waals surface area contributed by atoms with Gasteiger partial charge in [-0.1, -0.05) is 24.6 Å². The Morgan fingerprint density at radius 1 is 1.25 bits per heavy atom. The fourth-order valence-electron chi connectivity index (χ4n) is 4.60. The number of aliphatic carboxylic acids is 1. The molecule has 2 fully saturated rings. The molecule has 4 rings (SSSR count). The highest BCUT2D eigenvalue weighted by atomic mass is 16.5. The SMILES string of the molecule is Cc1oc(-c2ccccc2)nc1CO[C@H]1CCCC(C(=O)NC(C(=O)O)C2CCCN2)C1. The van der Waals surface area contributed by atoms with E-state index in [9.17, 15) is 14.7 Å². The summed E-state index contributed by atoms with van der Waals surface area (Å²) in [6.07, 6.45) is 4.69. The first-order valence-corrected chi connectivity index (χ1v) is 11.4. The number of amides is 1. The number of carboxylic acids is 1. The molecule has 4 atom stereocenters. The molecule has 2 aromatic rings. The van der Waals surface area contributed by atoms with Crippen LogP contribution in [-0.4, -0.2) is 46.7 Å². The van der Waals surface area contributed by atoms with Crippen LogP contribution < -0.4 is 10.6 Å². The average Bonchev–Trinajstić information content (AvgIpc) is 3.46. The van der Waals surface area contributed by atoms with Crippen molar-refractivity contribution in [1.82, 2.24) is 15.6 Å². The Kier molecular flexibility index (Phi) is 7.22. The van der Waals surface area contributed by atoms with Crippen LogP contribution >= 0.6 is 0 Å². The van der Waals surface area contributed by atoms with Gasteiger partial charge in [-0.15, -0.1) is 0 Å². The Labute approximate surface area is 187 Å². The summed E-state index contributed by atoms with van der Waals surface area (Å²) in [7, 11) is 0. The molecule has 2 heterocycles. The van der Waals surface area contributed by atoms with Crippen LogP contribution in [0.3, 0.4) is 0 Å². The van der Waals surface area contributed by atoms with Gasteiger partial charge < -0.3 is 24.9 Å². The Bertz CT molecular complexity index is 923. The molecule has 0 spiro atoms. The molecule has 1 amide bonds. The van der Waals surface area contributed by atoms with E-state index in [0.717, 1.165) is 55.7 Å². The van der Waals surface area contributed by atoms with E-state index in [-0.39, 0.29) is 24.0 Å². The van der Waals surface area contributed by atoms with Crippen LogP contribution in [0.25, 0.3) is 11.5 Å². The van der Waals surface area contributed by atoms with Gasteiger partial charge in [0.25, 0.3) is 0 Å². The third kappa shape index (κ3) is 5.37. The van der Waals surface area contributed by atoms with E-state index in [4.69, 9.17) is 9.15 Å². The molecule has 0 radical (unpaired) electrons. The highest BCUT2D eigenvalue weighted by Gasteiger charge is 2.35. The average molecular weight is 442 g/mol. The first-order valence-electron chi connectivity index (χ1n) is 11.4. The molecule has 172 valence electrons. The molecule has 32 heavy (non-hydrogen) atoms. The Morgan fingerprint density at radius 3 is 2.78 bits per heavy atom. The summed E-state index contributed by atoms with van der Waals surface area (Å²) in [5, 5.41) is 15.5. The number of aromatic nitrogens is 1. The topological polar surface area (TPSA) is 114 Å². The quantitative estimate of drug-likeness (QED) is 0.577. The van der Waals surface area contributed by atoms with Crippen LogP contribution in [0.4, 0.5) is 0 Å². The maximum absolute atomic E-state index is 12.8. The van der Waals surface area contributed by atoms with Crippen molar-refractivity contribution in [2.75, 3.05) is 6.54 Å². The second-order valence-electron chi connectivity index (χ2n) is 8.71. The molecule has 1 aromatic heterocycles. The van der Waals surface area contributed by atoms with Crippen LogP contribution in [0.5, 0.6) is 0 Å². The van der Waals surface area contributed by atoms with Gasteiger partial charge in [0.05, 0.1) is 12.7 Å². The second-order valence-corrected chi connectivity index (χ2v) is 8.71. The number of ether oxygens (including phenoxy) is 1. The predicted octanol–water partition coefficient (Wildman–Crippen LogP) is 3.05. The van der Waals surface area contributed by atoms with Crippen LogP contribution in [0.2, 0.25) is 0 Å². The number of hydrogen-bond donors (Lipinski definition) is 3. The highest BCUT2D eigenvalue weighted by Crippen LogP contribution is 2.29. The van der Waals surface area contributed by atoms with Gasteiger partial charge in [0.2, 0.25) is 11.8 Å². The molecule has 8 nitrogen and oxygen atoms in total. The summed E-state index contributed by atoms with van der Waals surface area (Å²) in [6, 6.07) is 8.63. The van der Waals surface area contributed by atoms with E-state index >= 15 is 0 Å². The first kappa shape index (κ1) is 22.5. The van der Waals surface area contributed by atoms with E-state index in [1.54, 1.807) is 0 Å². The number of benzene rings is 1. The lowest BCUT2D eigenvalue weighted by Crippen LogP contribution is -2.54. The minimum Gasteiger partial charge on any atom is -0.480 e. The number of hydrogen-bond acceptors (Lipinski definition) is 6. The predicted molar refractivity (Wildman–Crippen MR) is 118 cm³/mol. The maximum Gasteiger partial charge on any atom is 0.327 e. The molecule has 8 heteroatoms. The minimum atomic E-state index is -0.989. The summed E-state index contributed by atoms with van der Waals surface area (Å²) in [5.74, 6) is -0.124. The number of nitrogens with zero attached hydrogens (tertiary/aromatic N) is 1. The van der Waals surface area contributed by atoms with Gasteiger partial charge >= 0.3 is 5.97 Å². The molecular formula is C24H31N3O5. The fraction of sp³-hybridized carbons (Fsp3) is 0.542. The molecule has 1 saturated heterocycles. The zero-order valence-electron chi connectivity index (χ0n) is 18.4. The van der Waals surface area contributed by atoms with Crippen molar-refractivity contribution in [1.29, 1.82) is 0 Å². The smallest absolute Gasteiger partial charge is 0.327 e. The van der Waals surface area contributed by atoms with Gasteiger partial charge in [0.15, 0.2) is 0 Å². The Morgan fingerprint density at radius 2 is 2.06 bits per heavy atom. The van der Waals surface area contributed by atoms with Crippen molar-refractivity contribution in [2.24, 2.45) is 5.92 Å². The van der Waals surface area contributed by atoms with E-state index in [2.05, 4.69) is 15.6 Å². The first-order chi connectivity index (χ1) is 15.5. The van der Waals surface area contributed by atoms with Crippen molar-refractivity contribution in [3.63, 3.8) is 0 Å². The third-order valence-electron chi connectivity index (χ3n) is 6.43. The number of oxazole rings is 1. The zero-order chi connectivity index (χ0) is 22.5. The van der Waals surface area contributed by atoms with E-state index in [1.165, 1.54) is 0 Å². The van der Waals surface area contributed by atoms with Crippen molar-refractivity contribution in [3.05, 3.63) is 41.8 Å². The monoisotopic (exact) mass is 441 g/mol. The lowest BCUT2D eigenvalue weighted by molar-refractivity contribution is -0.143. The Hall–Kier alpha value is -2.71. The van der Waals surface area contributed by atoms with Gasteiger partial charge in [-0.05, 0) is 57.7 Å². The molecule has 1 aromatic carbocycles. The maximum atomic E-state index is 12.8. The van der Waals surface area contributed by atoms with Crippen molar-refractivity contribution in [3.8, 4) is 11.5 Å². The van der Waals surface area contributed by atoms with Gasteiger partial charge in [-0.2, -0.15) is 0 Å². The van der Waals surface area contributed by atoms with Gasteiger partial charge in [-0.25, -0.2) is 9.78 Å². The summed E-state index contributed by atoms with van der Waals surface area (Å²) in [4.78, 5) is 29.1. The van der Waals surface area contributed by atoms with Crippen LogP contribution in [-0.2, 0) is 20.9 Å². The molecule has 1 saturated carbocycles. The molecule has 2 aliphatic rings. The number of aryl methyl sites for hydroxylation is 1. The van der Waals surface area contributed by atoms with E-state index in [0.29, 0.717) is 18.9 Å². The molecule has 1 aliphatic carbocycles. The summed E-state index contributed by atoms with van der Waals surface area (Å²) < 4.78 is 11.9. The van der Waals surface area contributed by atoms with Crippen molar-refractivity contribution >= 4 is 11.9 Å². The molecule has 0 bridgehead atoms. The van der Waals surface area contributed by atoms with Gasteiger partial charge in [-0.3, -0.25) is 4.79 Å². The molecule has 1 aliphatic heterocycles. The Balaban J connectivity index is 1.32. The van der Waals surface area contributed by atoms with Crippen LogP contribution in [0.1, 0.15) is 50.0 Å². The zero-order valence-corrected chi connectivity index (χ0v) is 18.4. The summed E-state index contributed by atoms with van der Waals surface area (Å²) >= 11 is 0. The third-order valence-corrected chi connectivity index (χ3v) is 6.43. The number of carboxylic acid groups (broad SMARTS) is 1. The molecular weight excluding hydrogens is 410 g/mol. The fourth-order valence-corrected chi connectivity index (χ4v) is 4.60. The van der Waals surface area contributed by atoms with Gasteiger partial charge in [0, 0.05) is 17.5 Å². The van der Waals surface area contributed by atoms with Crippen molar-refractivity contribution < 1.29 is 23.8 Å². The second kappa shape index (κ2) is 10.3. The van der Waals surface area contributed by atoms with E-state index < -0.39 is 12.0 Å². The lowest BCUT2D eigenvalue weighted by Gasteiger charge is -2.30. The van der Waals surface area contributed by atoms with Crippen molar-refractivity contribution in [2.45, 2.75) is 70.2 Å². The number of carbonyl (C=O) groups excluding carboxylic acids is 1. The largest absolute Gasteiger partial charge is 0.480 e. The number of nitrogens with one attached hydrogen (secondary N) is 2. The summed E-state index contributed by atoms with van der Waals surface area (Å²) in [6.45, 7) is 2.99. The van der Waals surface area contributed by atoms with Crippen LogP contribution in [0, 0.1) is 12.8 Å².